The van der Waals surface area contributed by atoms with Crippen LogP contribution < -0.4 is 4.57 Å². The molecule has 0 fully saturated rings. The third-order valence-electron chi connectivity index (χ3n) is 8.06. The van der Waals surface area contributed by atoms with Gasteiger partial charge in [0.15, 0.2) is 0 Å². The van der Waals surface area contributed by atoms with Crippen molar-refractivity contribution >= 4 is 0 Å². The fourth-order valence-electron chi connectivity index (χ4n) is 6.30. The minimum Gasteiger partial charge on any atom is -0.232 e. The molecule has 0 spiro atoms. The summed E-state index contributed by atoms with van der Waals surface area (Å²) in [5, 5.41) is 0. The molecule has 3 heterocycles. The standard InChI is InChI=1S/C32H35N2/c1-19(2)26-16-22-11-12-23-8-7-9-24-25-13-10-21(5)30(29(25)18-28(23)24)32-33(6)14-15-34(32)31(26)27(17-22)20(3)4/h7-10,13-17,19-20H,11-12,18H2,1-6H3/q+1. The Bertz CT molecular complexity index is 1420. The first-order chi connectivity index (χ1) is 16.3. The van der Waals surface area contributed by atoms with E-state index in [9.17, 15) is 0 Å². The van der Waals surface area contributed by atoms with Crippen molar-refractivity contribution < 1.29 is 4.57 Å². The van der Waals surface area contributed by atoms with Gasteiger partial charge in [-0.15, -0.1) is 0 Å². The summed E-state index contributed by atoms with van der Waals surface area (Å²) in [6.45, 7) is 11.7. The molecule has 0 amide bonds. The average Bonchev–Trinajstić information content (AvgIpc) is 3.37. The van der Waals surface area contributed by atoms with Crippen LogP contribution in [-0.2, 0) is 26.3 Å². The average molecular weight is 448 g/mol. The van der Waals surface area contributed by atoms with Crippen LogP contribution >= 0.6 is 0 Å². The van der Waals surface area contributed by atoms with Gasteiger partial charge >= 0.3 is 0 Å². The lowest BCUT2D eigenvalue weighted by atomic mass is 9.88. The fourth-order valence-corrected chi connectivity index (χ4v) is 6.30. The smallest absolute Gasteiger partial charge is 0.232 e. The normalized spacial score (nSPS) is 13.8. The quantitative estimate of drug-likeness (QED) is 0.253. The third kappa shape index (κ3) is 3.04. The van der Waals surface area contributed by atoms with Crippen LogP contribution in [0.1, 0.15) is 78.5 Å². The topological polar surface area (TPSA) is 8.81 Å². The molecule has 4 aromatic rings. The van der Waals surface area contributed by atoms with Crippen LogP contribution in [0.2, 0.25) is 0 Å². The largest absolute Gasteiger partial charge is 0.294 e. The number of imidazole rings is 1. The van der Waals surface area contributed by atoms with E-state index in [2.05, 4.69) is 106 Å². The van der Waals surface area contributed by atoms with Crippen LogP contribution in [0.3, 0.4) is 0 Å². The van der Waals surface area contributed by atoms with Crippen LogP contribution in [0.15, 0.2) is 54.9 Å². The number of aromatic nitrogens is 2. The van der Waals surface area contributed by atoms with Crippen LogP contribution in [0.5, 0.6) is 0 Å². The zero-order valence-corrected chi connectivity index (χ0v) is 21.4. The Balaban J connectivity index is 1.78. The number of benzene rings is 3. The van der Waals surface area contributed by atoms with Gasteiger partial charge in [-0.25, -0.2) is 4.57 Å². The van der Waals surface area contributed by atoms with Crippen molar-refractivity contribution in [2.45, 2.75) is 65.7 Å². The van der Waals surface area contributed by atoms with E-state index in [0.29, 0.717) is 11.8 Å². The molecule has 0 saturated heterocycles. The van der Waals surface area contributed by atoms with Crippen molar-refractivity contribution in [3.8, 4) is 28.2 Å². The molecule has 1 aromatic heterocycles. The first-order valence-corrected chi connectivity index (χ1v) is 12.8. The van der Waals surface area contributed by atoms with Gasteiger partial charge in [-0.3, -0.25) is 0 Å². The molecule has 4 bridgehead atoms. The predicted molar refractivity (Wildman–Crippen MR) is 141 cm³/mol. The van der Waals surface area contributed by atoms with E-state index in [1.807, 2.05) is 0 Å². The fraction of sp³-hybridized carbons (Fsp3) is 0.344. The van der Waals surface area contributed by atoms with Crippen LogP contribution in [-0.4, -0.2) is 4.57 Å². The molecule has 2 heteroatoms. The summed E-state index contributed by atoms with van der Waals surface area (Å²) in [7, 11) is 2.20. The second kappa shape index (κ2) is 7.70. The molecular formula is C32H35N2+. The number of fused-ring (bicyclic) bond motifs is 4. The maximum Gasteiger partial charge on any atom is 0.294 e. The first-order valence-electron chi connectivity index (χ1n) is 12.8. The first kappa shape index (κ1) is 21.4. The maximum atomic E-state index is 2.50. The Kier molecular flexibility index (Phi) is 4.85. The van der Waals surface area contributed by atoms with Crippen molar-refractivity contribution in [2.24, 2.45) is 7.05 Å². The zero-order chi connectivity index (χ0) is 23.7. The summed E-state index contributed by atoms with van der Waals surface area (Å²) >= 11 is 0. The minimum atomic E-state index is 0.455. The molecule has 2 nitrogen and oxygen atoms in total. The highest BCUT2D eigenvalue weighted by Gasteiger charge is 2.33. The Morgan fingerprint density at radius 3 is 2.26 bits per heavy atom. The molecule has 0 saturated carbocycles. The maximum absolute atomic E-state index is 2.50. The van der Waals surface area contributed by atoms with Crippen molar-refractivity contribution in [1.29, 1.82) is 0 Å². The van der Waals surface area contributed by atoms with E-state index < -0.39 is 0 Å². The van der Waals surface area contributed by atoms with Crippen LogP contribution in [0, 0.1) is 6.92 Å². The van der Waals surface area contributed by atoms with E-state index in [1.54, 1.807) is 0 Å². The number of hydrogen-bond donors (Lipinski definition) is 0. The predicted octanol–water partition coefficient (Wildman–Crippen LogP) is 7.19. The SMILES string of the molecule is Cc1ccc2c3c1-c1n(cc[n+]1C)-c1c(C(C)C)cc(cc1C(C)C)CCc1cccc-2c1C3. The Morgan fingerprint density at radius 1 is 0.853 bits per heavy atom. The molecule has 172 valence electrons. The summed E-state index contributed by atoms with van der Waals surface area (Å²) in [6, 6.07) is 16.6. The van der Waals surface area contributed by atoms with E-state index in [1.165, 1.54) is 67.1 Å². The summed E-state index contributed by atoms with van der Waals surface area (Å²) < 4.78 is 4.83. The van der Waals surface area contributed by atoms with Crippen LogP contribution in [0.25, 0.3) is 28.2 Å². The lowest BCUT2D eigenvalue weighted by Gasteiger charge is -2.21. The highest BCUT2D eigenvalue weighted by Crippen LogP contribution is 2.45. The van der Waals surface area contributed by atoms with E-state index in [-0.39, 0.29) is 0 Å². The molecule has 2 aliphatic heterocycles. The molecule has 0 N–H and O–H groups in total. The molecule has 0 atom stereocenters. The third-order valence-corrected chi connectivity index (χ3v) is 8.06. The highest BCUT2D eigenvalue weighted by molar-refractivity contribution is 5.85. The van der Waals surface area contributed by atoms with Gasteiger partial charge in [-0.05, 0) is 77.0 Å². The molecule has 3 aromatic carbocycles. The molecular weight excluding hydrogens is 412 g/mol. The number of rotatable bonds is 2. The molecule has 34 heavy (non-hydrogen) atoms. The Morgan fingerprint density at radius 2 is 1.56 bits per heavy atom. The van der Waals surface area contributed by atoms with E-state index in [4.69, 9.17) is 0 Å². The van der Waals surface area contributed by atoms with E-state index in [0.717, 1.165) is 19.3 Å². The lowest BCUT2D eigenvalue weighted by Crippen LogP contribution is -2.30. The van der Waals surface area contributed by atoms with Gasteiger partial charge in [0.25, 0.3) is 5.82 Å². The highest BCUT2D eigenvalue weighted by atomic mass is 15.1. The summed E-state index contributed by atoms with van der Waals surface area (Å²) in [4.78, 5) is 0. The van der Waals surface area contributed by atoms with Crippen molar-refractivity contribution in [2.75, 3.05) is 0 Å². The monoisotopic (exact) mass is 447 g/mol. The summed E-state index contributed by atoms with van der Waals surface area (Å²) in [6.07, 6.45) is 7.73. The summed E-state index contributed by atoms with van der Waals surface area (Å²) in [5.74, 6) is 2.20. The lowest BCUT2D eigenvalue weighted by molar-refractivity contribution is -0.659. The van der Waals surface area contributed by atoms with Crippen molar-refractivity contribution in [3.05, 3.63) is 93.8 Å². The number of hydrogen-bond acceptors (Lipinski definition) is 0. The second-order valence-corrected chi connectivity index (χ2v) is 10.9. The Labute approximate surface area is 203 Å². The number of aryl methyl sites for hydroxylation is 4. The molecule has 0 radical (unpaired) electrons. The molecule has 7 rings (SSSR count). The van der Waals surface area contributed by atoms with Crippen molar-refractivity contribution in [1.82, 2.24) is 4.57 Å². The summed E-state index contributed by atoms with van der Waals surface area (Å²) in [5.41, 5.74) is 15.9. The van der Waals surface area contributed by atoms with Gasteiger partial charge < -0.3 is 0 Å². The molecule has 0 unspecified atom stereocenters. The molecule has 3 aliphatic rings. The van der Waals surface area contributed by atoms with E-state index >= 15 is 0 Å². The van der Waals surface area contributed by atoms with Gasteiger partial charge in [-0.1, -0.05) is 70.2 Å². The number of nitrogens with zero attached hydrogens (tertiary/aromatic N) is 2. The minimum absolute atomic E-state index is 0.455. The van der Waals surface area contributed by atoms with Gasteiger partial charge in [0.1, 0.15) is 18.1 Å². The second-order valence-electron chi connectivity index (χ2n) is 10.9. The van der Waals surface area contributed by atoms with Crippen LogP contribution in [0.4, 0.5) is 0 Å². The van der Waals surface area contributed by atoms with Gasteiger partial charge in [0.05, 0.1) is 12.6 Å². The van der Waals surface area contributed by atoms with Crippen molar-refractivity contribution in [3.63, 3.8) is 0 Å². The van der Waals surface area contributed by atoms with Gasteiger partial charge in [0.2, 0.25) is 0 Å². The molecule has 1 aliphatic carbocycles. The zero-order valence-electron chi connectivity index (χ0n) is 21.4. The van der Waals surface area contributed by atoms with Gasteiger partial charge in [0, 0.05) is 11.1 Å². The Hall–Kier alpha value is -3.13. The van der Waals surface area contributed by atoms with Gasteiger partial charge in [-0.2, -0.15) is 4.57 Å².